The van der Waals surface area contributed by atoms with Gasteiger partial charge in [0.2, 0.25) is 17.7 Å². The van der Waals surface area contributed by atoms with Crippen LogP contribution >= 0.6 is 0 Å². The molecular formula is C20H34N6O7. The monoisotopic (exact) mass is 470 g/mol. The molecule has 1 aliphatic rings. The molecule has 33 heavy (non-hydrogen) atoms. The van der Waals surface area contributed by atoms with Crippen LogP contribution in [0.15, 0.2) is 0 Å². The molecule has 0 aromatic carbocycles. The molecule has 4 atom stereocenters. The molecule has 13 nitrogen and oxygen atoms in total. The molecule has 0 bridgehead atoms. The van der Waals surface area contributed by atoms with Gasteiger partial charge in [0, 0.05) is 20.5 Å². The highest BCUT2D eigenvalue weighted by atomic mass is 16.5. The van der Waals surface area contributed by atoms with Crippen LogP contribution in [0.3, 0.4) is 0 Å². The summed E-state index contributed by atoms with van der Waals surface area (Å²) in [4.78, 5) is 74.0. The number of nitrogens with one attached hydrogen (secondary N) is 4. The smallest absolute Gasteiger partial charge is 0.336 e. The largest absolute Gasteiger partial charge is 0.464 e. The predicted octanol–water partition coefficient (Wildman–Crippen LogP) is -1.37. The van der Waals surface area contributed by atoms with Crippen molar-refractivity contribution in [3.8, 4) is 0 Å². The van der Waals surface area contributed by atoms with Gasteiger partial charge in [0.15, 0.2) is 0 Å². The number of carbonyl (C=O) groups is 6. The molecule has 1 rings (SSSR count). The Kier molecular flexibility index (Phi) is 10.6. The van der Waals surface area contributed by atoms with Crippen molar-refractivity contribution in [1.29, 1.82) is 0 Å². The molecule has 0 aliphatic carbocycles. The third-order valence-corrected chi connectivity index (χ3v) is 4.94. The SMILES string of the molecule is CCOC(=O)[C@H](C)NC(=O)N(C)NC(=O)[C@@H]1CCCN1C(=O)[C@H](C)NC(=O)[C@H](C)NC(C)=O. The average Bonchev–Trinajstić information content (AvgIpc) is 3.22. The van der Waals surface area contributed by atoms with Gasteiger partial charge in [0.1, 0.15) is 24.2 Å². The molecule has 13 heteroatoms. The number of carbonyl (C=O) groups excluding carboxylic acids is 6. The minimum absolute atomic E-state index is 0.169. The number of nitrogens with zero attached hydrogens (tertiary/aromatic N) is 2. The first kappa shape index (κ1) is 27.7. The molecule has 0 unspecified atom stereocenters. The van der Waals surface area contributed by atoms with E-state index < -0.39 is 53.9 Å². The fourth-order valence-corrected chi connectivity index (χ4v) is 3.22. The van der Waals surface area contributed by atoms with Crippen LogP contribution in [0.1, 0.15) is 47.5 Å². The summed E-state index contributed by atoms with van der Waals surface area (Å²) in [6.07, 6.45) is 0.956. The number of urea groups is 1. The maximum atomic E-state index is 12.8. The average molecular weight is 471 g/mol. The summed E-state index contributed by atoms with van der Waals surface area (Å²) in [5, 5.41) is 8.24. The number of amides is 6. The van der Waals surface area contributed by atoms with Gasteiger partial charge in [-0.05, 0) is 40.5 Å². The topological polar surface area (TPSA) is 166 Å². The first-order chi connectivity index (χ1) is 15.4. The standard InChI is InChI=1S/C20H34N6O7/c1-7-33-19(31)13(4)23-20(32)25(6)24-17(29)15-9-8-10-26(15)18(30)12(3)22-16(28)11(2)21-14(5)27/h11-13,15H,7-10H2,1-6H3,(H,21,27)(H,22,28)(H,23,32)(H,24,29)/t11-,12-,13-,15-/m0/s1. The normalized spacial score (nSPS) is 17.8. The van der Waals surface area contributed by atoms with E-state index in [2.05, 4.69) is 21.4 Å². The Morgan fingerprint density at radius 2 is 1.64 bits per heavy atom. The summed E-state index contributed by atoms with van der Waals surface area (Å²) in [6.45, 7) is 7.83. The van der Waals surface area contributed by atoms with Gasteiger partial charge in [0.05, 0.1) is 6.61 Å². The second-order valence-electron chi connectivity index (χ2n) is 7.80. The van der Waals surface area contributed by atoms with Gasteiger partial charge in [-0.15, -0.1) is 0 Å². The Bertz CT molecular complexity index is 774. The molecule has 4 N–H and O–H groups in total. The van der Waals surface area contributed by atoms with Gasteiger partial charge in [-0.25, -0.2) is 14.6 Å². The third kappa shape index (κ3) is 8.24. The summed E-state index contributed by atoms with van der Waals surface area (Å²) in [7, 11) is 1.30. The second kappa shape index (κ2) is 12.6. The first-order valence-electron chi connectivity index (χ1n) is 10.8. The van der Waals surface area contributed by atoms with E-state index in [1.54, 1.807) is 6.92 Å². The second-order valence-corrected chi connectivity index (χ2v) is 7.80. The summed E-state index contributed by atoms with van der Waals surface area (Å²) in [5.74, 6) is -2.55. The number of likely N-dealkylation sites (tertiary alicyclic amines) is 1. The van der Waals surface area contributed by atoms with Crippen LogP contribution in [0.4, 0.5) is 4.79 Å². The maximum absolute atomic E-state index is 12.8. The highest BCUT2D eigenvalue weighted by Crippen LogP contribution is 2.18. The van der Waals surface area contributed by atoms with Crippen molar-refractivity contribution in [2.45, 2.75) is 71.6 Å². The molecule has 0 saturated carbocycles. The Balaban J connectivity index is 2.68. The summed E-state index contributed by atoms with van der Waals surface area (Å²) in [5.41, 5.74) is 2.40. The highest BCUT2D eigenvalue weighted by molar-refractivity contribution is 5.94. The molecule has 0 aromatic heterocycles. The van der Waals surface area contributed by atoms with Gasteiger partial charge < -0.3 is 25.6 Å². The first-order valence-corrected chi connectivity index (χ1v) is 10.8. The molecule has 1 aliphatic heterocycles. The molecule has 1 heterocycles. The Hall–Kier alpha value is -3.38. The fraction of sp³-hybridized carbons (Fsp3) is 0.700. The summed E-state index contributed by atoms with van der Waals surface area (Å²) in [6, 6.07) is -4.21. The van der Waals surface area contributed by atoms with Crippen molar-refractivity contribution >= 4 is 35.6 Å². The fourth-order valence-electron chi connectivity index (χ4n) is 3.22. The minimum atomic E-state index is -0.923. The lowest BCUT2D eigenvalue weighted by atomic mass is 10.2. The van der Waals surface area contributed by atoms with Crippen molar-refractivity contribution in [3.63, 3.8) is 0 Å². The van der Waals surface area contributed by atoms with Crippen molar-refractivity contribution in [1.82, 2.24) is 31.3 Å². The van der Waals surface area contributed by atoms with Crippen LogP contribution in [0.2, 0.25) is 0 Å². The van der Waals surface area contributed by atoms with Gasteiger partial charge >= 0.3 is 12.0 Å². The van der Waals surface area contributed by atoms with Crippen LogP contribution < -0.4 is 21.4 Å². The number of hydrogen-bond acceptors (Lipinski definition) is 7. The van der Waals surface area contributed by atoms with Gasteiger partial charge in [0.25, 0.3) is 5.91 Å². The van der Waals surface area contributed by atoms with Crippen molar-refractivity contribution in [2.75, 3.05) is 20.2 Å². The zero-order chi connectivity index (χ0) is 25.3. The van der Waals surface area contributed by atoms with E-state index in [9.17, 15) is 28.8 Å². The van der Waals surface area contributed by atoms with E-state index in [0.717, 1.165) is 5.01 Å². The van der Waals surface area contributed by atoms with Crippen LogP contribution in [-0.4, -0.2) is 89.9 Å². The molecule has 1 saturated heterocycles. The van der Waals surface area contributed by atoms with Crippen LogP contribution in [0.5, 0.6) is 0 Å². The van der Waals surface area contributed by atoms with E-state index >= 15 is 0 Å². The summed E-state index contributed by atoms with van der Waals surface area (Å²) >= 11 is 0. The zero-order valence-corrected chi connectivity index (χ0v) is 19.9. The lowest BCUT2D eigenvalue weighted by Gasteiger charge is -2.29. The number of ether oxygens (including phenoxy) is 1. The van der Waals surface area contributed by atoms with Crippen LogP contribution in [0.25, 0.3) is 0 Å². The summed E-state index contributed by atoms with van der Waals surface area (Å²) < 4.78 is 4.82. The van der Waals surface area contributed by atoms with E-state index in [-0.39, 0.29) is 12.5 Å². The van der Waals surface area contributed by atoms with Gasteiger partial charge in [-0.1, -0.05) is 0 Å². The molecule has 0 aromatic rings. The molecule has 0 spiro atoms. The minimum Gasteiger partial charge on any atom is -0.464 e. The third-order valence-electron chi connectivity index (χ3n) is 4.94. The predicted molar refractivity (Wildman–Crippen MR) is 116 cm³/mol. The van der Waals surface area contributed by atoms with E-state index in [1.165, 1.54) is 39.6 Å². The Labute approximate surface area is 192 Å². The lowest BCUT2D eigenvalue weighted by Crippen LogP contribution is -2.58. The zero-order valence-electron chi connectivity index (χ0n) is 19.9. The molecular weight excluding hydrogens is 436 g/mol. The lowest BCUT2D eigenvalue weighted by molar-refractivity contribution is -0.145. The van der Waals surface area contributed by atoms with E-state index in [1.807, 2.05) is 0 Å². The van der Waals surface area contributed by atoms with Crippen molar-refractivity contribution in [2.24, 2.45) is 0 Å². The Morgan fingerprint density at radius 1 is 1.00 bits per heavy atom. The quantitative estimate of drug-likeness (QED) is 0.251. The van der Waals surface area contributed by atoms with Crippen molar-refractivity contribution in [3.05, 3.63) is 0 Å². The van der Waals surface area contributed by atoms with E-state index in [4.69, 9.17) is 4.74 Å². The van der Waals surface area contributed by atoms with Gasteiger partial charge in [-0.2, -0.15) is 0 Å². The molecule has 6 amide bonds. The Morgan fingerprint density at radius 3 is 2.21 bits per heavy atom. The molecule has 0 radical (unpaired) electrons. The molecule has 1 fully saturated rings. The number of hydrogen-bond donors (Lipinski definition) is 4. The van der Waals surface area contributed by atoms with Crippen LogP contribution in [-0.2, 0) is 28.7 Å². The number of rotatable bonds is 8. The van der Waals surface area contributed by atoms with Crippen molar-refractivity contribution < 1.29 is 33.5 Å². The number of hydrazine groups is 1. The maximum Gasteiger partial charge on any atom is 0.336 e. The van der Waals surface area contributed by atoms with E-state index in [0.29, 0.717) is 19.4 Å². The highest BCUT2D eigenvalue weighted by Gasteiger charge is 2.37. The van der Waals surface area contributed by atoms with Gasteiger partial charge in [-0.3, -0.25) is 24.6 Å². The molecule has 186 valence electrons. The van der Waals surface area contributed by atoms with Crippen LogP contribution in [0, 0.1) is 0 Å². The number of esters is 1.